The molecular formula is C10H11NO4S2. The first-order valence-corrected chi connectivity index (χ1v) is 7.62. The third kappa shape index (κ3) is 2.00. The van der Waals surface area contributed by atoms with Crippen LogP contribution in [0.1, 0.15) is 0 Å². The summed E-state index contributed by atoms with van der Waals surface area (Å²) >= 11 is 1.41. The van der Waals surface area contributed by atoms with E-state index in [1.165, 1.54) is 17.8 Å². The van der Waals surface area contributed by atoms with E-state index in [9.17, 15) is 13.2 Å². The van der Waals surface area contributed by atoms with Crippen molar-refractivity contribution < 1.29 is 18.3 Å². The number of carboxylic acids is 1. The molecule has 5 nitrogen and oxygen atoms in total. The van der Waals surface area contributed by atoms with Gasteiger partial charge in [0.25, 0.3) is 0 Å². The van der Waals surface area contributed by atoms with Gasteiger partial charge in [0.2, 0.25) is 0 Å². The number of carbonyl (C=O) groups is 1. The fourth-order valence-electron chi connectivity index (χ4n) is 1.70. The number of aliphatic carboxylic acids is 1. The number of nitrogens with one attached hydrogen (secondary N) is 1. The summed E-state index contributed by atoms with van der Waals surface area (Å²) < 4.78 is 24.2. The Hall–Kier alpha value is -1.21. The Bertz CT molecular complexity index is 568. The molecule has 0 spiro atoms. The molecule has 7 heteroatoms. The molecule has 92 valence electrons. The van der Waals surface area contributed by atoms with E-state index in [2.05, 4.69) is 5.32 Å². The van der Waals surface area contributed by atoms with E-state index in [1.54, 1.807) is 12.1 Å². The molecule has 0 saturated heterocycles. The number of anilines is 1. The zero-order chi connectivity index (χ0) is 12.6. The van der Waals surface area contributed by atoms with Gasteiger partial charge in [0.15, 0.2) is 15.1 Å². The van der Waals surface area contributed by atoms with Crippen LogP contribution < -0.4 is 5.32 Å². The molecule has 0 radical (unpaired) electrons. The van der Waals surface area contributed by atoms with Gasteiger partial charge in [-0.3, -0.25) is 4.79 Å². The number of benzene rings is 1. The molecule has 2 N–H and O–H groups in total. The van der Waals surface area contributed by atoms with Crippen molar-refractivity contribution >= 4 is 33.3 Å². The van der Waals surface area contributed by atoms with Crippen LogP contribution in [0.25, 0.3) is 0 Å². The fourth-order valence-corrected chi connectivity index (χ4v) is 3.82. The highest BCUT2D eigenvalue weighted by Crippen LogP contribution is 2.32. The summed E-state index contributed by atoms with van der Waals surface area (Å²) in [4.78, 5) is 11.8. The van der Waals surface area contributed by atoms with Gasteiger partial charge >= 0.3 is 5.97 Å². The van der Waals surface area contributed by atoms with Crippen LogP contribution in [0.15, 0.2) is 28.0 Å². The summed E-state index contributed by atoms with van der Waals surface area (Å²) in [7, 11) is -3.79. The molecule has 1 aliphatic rings. The lowest BCUT2D eigenvalue weighted by Crippen LogP contribution is -2.40. The molecule has 0 bridgehead atoms. The number of hydrogen-bond acceptors (Lipinski definition) is 5. The molecule has 0 aromatic heterocycles. The van der Waals surface area contributed by atoms with Crippen LogP contribution in [-0.2, 0) is 14.6 Å². The third-order valence-electron chi connectivity index (χ3n) is 2.62. The predicted octanol–water partition coefficient (Wildman–Crippen LogP) is 1.06. The molecule has 2 rings (SSSR count). The van der Waals surface area contributed by atoms with E-state index in [4.69, 9.17) is 5.11 Å². The van der Waals surface area contributed by atoms with Crippen LogP contribution in [0.4, 0.5) is 5.69 Å². The lowest BCUT2D eigenvalue weighted by molar-refractivity contribution is -0.136. The molecular weight excluding hydrogens is 262 g/mol. The van der Waals surface area contributed by atoms with E-state index in [1.807, 2.05) is 6.26 Å². The van der Waals surface area contributed by atoms with Crippen LogP contribution in [0.2, 0.25) is 0 Å². The van der Waals surface area contributed by atoms with Crippen LogP contribution in [0, 0.1) is 0 Å². The van der Waals surface area contributed by atoms with Gasteiger partial charge in [-0.1, -0.05) is 0 Å². The highest BCUT2D eigenvalue weighted by molar-refractivity contribution is 7.98. The van der Waals surface area contributed by atoms with Crippen molar-refractivity contribution in [3.63, 3.8) is 0 Å². The minimum Gasteiger partial charge on any atom is -0.480 e. The Labute approximate surface area is 103 Å². The van der Waals surface area contributed by atoms with E-state index < -0.39 is 21.1 Å². The van der Waals surface area contributed by atoms with Gasteiger partial charge in [0, 0.05) is 11.4 Å². The smallest absolute Gasteiger partial charge is 0.324 e. The van der Waals surface area contributed by atoms with Crippen molar-refractivity contribution in [2.45, 2.75) is 15.0 Å². The quantitative estimate of drug-likeness (QED) is 0.784. The second kappa shape index (κ2) is 4.23. The Morgan fingerprint density at radius 2 is 2.24 bits per heavy atom. The summed E-state index contributed by atoms with van der Waals surface area (Å²) in [6.45, 7) is -0.0940. The highest BCUT2D eigenvalue weighted by Gasteiger charge is 2.39. The van der Waals surface area contributed by atoms with Crippen LogP contribution in [-0.4, -0.2) is 37.5 Å². The lowest BCUT2D eigenvalue weighted by atomic mass is 10.3. The number of hydrogen-bond donors (Lipinski definition) is 2. The first-order chi connectivity index (χ1) is 7.96. The minimum absolute atomic E-state index is 0.0722. The monoisotopic (exact) mass is 273 g/mol. The summed E-state index contributed by atoms with van der Waals surface area (Å²) in [6, 6.07) is 4.97. The normalized spacial score (nSPS) is 21.4. The molecule has 1 aromatic rings. The van der Waals surface area contributed by atoms with Gasteiger partial charge in [0.05, 0.1) is 10.6 Å². The molecule has 0 fully saturated rings. The Kier molecular flexibility index (Phi) is 3.05. The van der Waals surface area contributed by atoms with Gasteiger partial charge in [-0.15, -0.1) is 11.8 Å². The van der Waals surface area contributed by atoms with E-state index >= 15 is 0 Å². The summed E-state index contributed by atoms with van der Waals surface area (Å²) in [5, 5.41) is 10.3. The number of fused-ring (bicyclic) bond motifs is 1. The van der Waals surface area contributed by atoms with Crippen molar-refractivity contribution in [2.75, 3.05) is 18.1 Å². The van der Waals surface area contributed by atoms with E-state index in [-0.39, 0.29) is 11.4 Å². The van der Waals surface area contributed by atoms with Crippen molar-refractivity contribution in [3.8, 4) is 0 Å². The van der Waals surface area contributed by atoms with Crippen molar-refractivity contribution in [1.82, 2.24) is 0 Å². The lowest BCUT2D eigenvalue weighted by Gasteiger charge is -2.23. The molecule has 0 saturated carbocycles. The number of thioether (sulfide) groups is 1. The van der Waals surface area contributed by atoms with Crippen molar-refractivity contribution in [2.24, 2.45) is 0 Å². The molecule has 17 heavy (non-hydrogen) atoms. The first-order valence-electron chi connectivity index (χ1n) is 4.85. The second-order valence-corrected chi connectivity index (χ2v) is 6.59. The zero-order valence-electron chi connectivity index (χ0n) is 9.00. The predicted molar refractivity (Wildman–Crippen MR) is 65.3 cm³/mol. The van der Waals surface area contributed by atoms with Crippen LogP contribution >= 0.6 is 11.8 Å². The number of sulfone groups is 1. The van der Waals surface area contributed by atoms with Gasteiger partial charge in [-0.05, 0) is 24.5 Å². The van der Waals surface area contributed by atoms with E-state index in [0.29, 0.717) is 5.69 Å². The molecule has 1 aliphatic heterocycles. The average Bonchev–Trinajstić information content (AvgIpc) is 2.28. The van der Waals surface area contributed by atoms with E-state index in [0.717, 1.165) is 4.90 Å². The molecule has 1 aromatic carbocycles. The zero-order valence-corrected chi connectivity index (χ0v) is 10.6. The SMILES string of the molecule is CSc1ccc2c(c1)S(=O)(=O)C(C(=O)O)CN2. The van der Waals surface area contributed by atoms with Gasteiger partial charge < -0.3 is 10.4 Å². The second-order valence-electron chi connectivity index (χ2n) is 3.61. The van der Waals surface area contributed by atoms with Gasteiger partial charge in [-0.25, -0.2) is 8.42 Å². The Morgan fingerprint density at radius 3 is 2.82 bits per heavy atom. The largest absolute Gasteiger partial charge is 0.480 e. The standard InChI is InChI=1S/C10H11NO4S2/c1-16-6-2-3-7-8(4-6)17(14,15)9(5-11-7)10(12)13/h2-4,9,11H,5H2,1H3,(H,12,13). The first kappa shape index (κ1) is 12.3. The summed E-state index contributed by atoms with van der Waals surface area (Å²) in [5.41, 5.74) is 0.473. The van der Waals surface area contributed by atoms with Crippen LogP contribution in [0.5, 0.6) is 0 Å². The van der Waals surface area contributed by atoms with Gasteiger partial charge in [0.1, 0.15) is 0 Å². The Morgan fingerprint density at radius 1 is 1.53 bits per heavy atom. The number of carboxylic acid groups (broad SMARTS) is 1. The highest BCUT2D eigenvalue weighted by atomic mass is 32.2. The molecule has 1 atom stereocenters. The van der Waals surface area contributed by atoms with Crippen molar-refractivity contribution in [1.29, 1.82) is 0 Å². The molecule has 1 unspecified atom stereocenters. The maximum absolute atomic E-state index is 12.1. The average molecular weight is 273 g/mol. The maximum Gasteiger partial charge on any atom is 0.324 e. The molecule has 0 amide bonds. The topological polar surface area (TPSA) is 83.5 Å². The maximum atomic E-state index is 12.1. The molecule has 1 heterocycles. The third-order valence-corrected chi connectivity index (χ3v) is 5.42. The Balaban J connectivity index is 2.59. The van der Waals surface area contributed by atoms with Crippen LogP contribution in [0.3, 0.4) is 0 Å². The fraction of sp³-hybridized carbons (Fsp3) is 0.300. The number of rotatable bonds is 2. The summed E-state index contributed by atoms with van der Waals surface area (Å²) in [6.07, 6.45) is 1.83. The minimum atomic E-state index is -3.79. The van der Waals surface area contributed by atoms with Crippen molar-refractivity contribution in [3.05, 3.63) is 18.2 Å². The van der Waals surface area contributed by atoms with Gasteiger partial charge in [-0.2, -0.15) is 0 Å². The molecule has 0 aliphatic carbocycles. The summed E-state index contributed by atoms with van der Waals surface area (Å²) in [5.74, 6) is -1.32.